The van der Waals surface area contributed by atoms with Crippen LogP contribution in [0.1, 0.15) is 40.5 Å². The first-order valence-corrected chi connectivity index (χ1v) is 11.0. The van der Waals surface area contributed by atoms with Crippen LogP contribution in [0.15, 0.2) is 54.7 Å². The number of nitrogens with one attached hydrogen (secondary N) is 3. The van der Waals surface area contributed by atoms with Crippen LogP contribution >= 0.6 is 0 Å². The Labute approximate surface area is 190 Å². The number of tetrazole rings is 1. The lowest BCUT2D eigenvalue weighted by atomic mass is 10.0. The van der Waals surface area contributed by atoms with E-state index in [0.29, 0.717) is 12.4 Å². The fraction of sp³-hybridized carbons (Fsp3) is 0.250. The van der Waals surface area contributed by atoms with Gasteiger partial charge >= 0.3 is 0 Å². The smallest absolute Gasteiger partial charge is 0.267 e. The average molecular weight is 444 g/mol. The first-order valence-electron chi connectivity index (χ1n) is 11.0. The standard InChI is InChI=1S/C24H25N7O2/c32-24(28-33)10-6-16-5-8-20-17(13-16)7-9-22(20)31(15-23-26-29-30-27-23)12-11-18-14-25-21-4-2-1-3-19(18)21/h1-6,8,10,13-14,22,25,33H,7,9,11-12,15H2,(H,28,32)(H,26,27,29,30). The first-order chi connectivity index (χ1) is 16.2. The summed E-state index contributed by atoms with van der Waals surface area (Å²) < 4.78 is 0. The lowest BCUT2D eigenvalue weighted by Gasteiger charge is -2.28. The lowest BCUT2D eigenvalue weighted by molar-refractivity contribution is -0.124. The van der Waals surface area contributed by atoms with Gasteiger partial charge in [-0.15, -0.1) is 10.2 Å². The number of hydrogen-bond donors (Lipinski definition) is 4. The molecule has 0 fully saturated rings. The number of fused-ring (bicyclic) bond motifs is 2. The van der Waals surface area contributed by atoms with E-state index in [1.54, 1.807) is 11.6 Å². The molecule has 1 unspecified atom stereocenters. The van der Waals surface area contributed by atoms with Gasteiger partial charge in [0.2, 0.25) is 0 Å². The van der Waals surface area contributed by atoms with Gasteiger partial charge in [-0.2, -0.15) is 5.21 Å². The number of rotatable bonds is 8. The van der Waals surface area contributed by atoms with Crippen molar-refractivity contribution in [1.82, 2.24) is 36.0 Å². The number of hydroxylamine groups is 1. The number of amides is 1. The second kappa shape index (κ2) is 9.35. The Morgan fingerprint density at radius 3 is 3.03 bits per heavy atom. The van der Waals surface area contributed by atoms with Gasteiger partial charge in [0, 0.05) is 35.8 Å². The van der Waals surface area contributed by atoms with E-state index in [9.17, 15) is 4.79 Å². The van der Waals surface area contributed by atoms with Crippen molar-refractivity contribution in [3.05, 3.63) is 82.8 Å². The molecule has 0 saturated carbocycles. The molecule has 0 radical (unpaired) electrons. The molecule has 33 heavy (non-hydrogen) atoms. The molecule has 4 aromatic rings. The van der Waals surface area contributed by atoms with Crippen LogP contribution in [0.25, 0.3) is 17.0 Å². The van der Waals surface area contributed by atoms with E-state index in [-0.39, 0.29) is 6.04 Å². The zero-order valence-corrected chi connectivity index (χ0v) is 18.0. The third-order valence-corrected chi connectivity index (χ3v) is 6.27. The van der Waals surface area contributed by atoms with Crippen molar-refractivity contribution in [2.75, 3.05) is 6.54 Å². The van der Waals surface area contributed by atoms with Crippen molar-refractivity contribution in [2.24, 2.45) is 0 Å². The molecule has 5 rings (SSSR count). The van der Waals surface area contributed by atoms with Crippen LogP contribution in [0.5, 0.6) is 0 Å². The van der Waals surface area contributed by atoms with Crippen LogP contribution in [-0.4, -0.2) is 48.2 Å². The number of benzene rings is 2. The normalized spacial score (nSPS) is 15.5. The molecule has 2 aromatic carbocycles. The van der Waals surface area contributed by atoms with Crippen LogP contribution in [0.3, 0.4) is 0 Å². The second-order valence-electron chi connectivity index (χ2n) is 8.23. The minimum atomic E-state index is -0.544. The van der Waals surface area contributed by atoms with E-state index in [1.807, 2.05) is 12.1 Å². The molecule has 4 N–H and O–H groups in total. The Hall–Kier alpha value is -3.82. The van der Waals surface area contributed by atoms with Crippen LogP contribution in [0.2, 0.25) is 0 Å². The van der Waals surface area contributed by atoms with Crippen molar-refractivity contribution in [1.29, 1.82) is 0 Å². The molecule has 2 heterocycles. The number of carbonyl (C=O) groups excluding carboxylic acids is 1. The number of aromatic amines is 2. The Morgan fingerprint density at radius 1 is 1.27 bits per heavy atom. The van der Waals surface area contributed by atoms with E-state index in [2.05, 4.69) is 67.0 Å². The highest BCUT2D eigenvalue weighted by atomic mass is 16.5. The summed E-state index contributed by atoms with van der Waals surface area (Å²) in [5, 5.41) is 24.6. The average Bonchev–Trinajstić information content (AvgIpc) is 3.60. The molecular formula is C24H25N7O2. The number of hydrogen-bond acceptors (Lipinski definition) is 6. The molecule has 1 atom stereocenters. The van der Waals surface area contributed by atoms with Gasteiger partial charge in [0.1, 0.15) is 0 Å². The minimum Gasteiger partial charge on any atom is -0.361 e. The summed E-state index contributed by atoms with van der Waals surface area (Å²) in [6, 6.07) is 14.9. The lowest BCUT2D eigenvalue weighted by Crippen LogP contribution is -2.30. The van der Waals surface area contributed by atoms with Gasteiger partial charge in [0.15, 0.2) is 5.82 Å². The highest BCUT2D eigenvalue weighted by Gasteiger charge is 2.29. The summed E-state index contributed by atoms with van der Waals surface area (Å²) in [4.78, 5) is 17.1. The van der Waals surface area contributed by atoms with Crippen molar-refractivity contribution in [3.63, 3.8) is 0 Å². The second-order valence-corrected chi connectivity index (χ2v) is 8.23. The Morgan fingerprint density at radius 2 is 2.18 bits per heavy atom. The van der Waals surface area contributed by atoms with Crippen LogP contribution < -0.4 is 5.48 Å². The molecule has 0 spiro atoms. The maximum atomic E-state index is 11.3. The predicted octanol–water partition coefficient (Wildman–Crippen LogP) is 2.93. The molecular weight excluding hydrogens is 418 g/mol. The molecule has 1 amide bonds. The monoisotopic (exact) mass is 443 g/mol. The van der Waals surface area contributed by atoms with Crippen molar-refractivity contribution in [3.8, 4) is 0 Å². The topological polar surface area (TPSA) is 123 Å². The Kier molecular flexibility index (Phi) is 5.97. The van der Waals surface area contributed by atoms with E-state index in [1.165, 1.54) is 28.2 Å². The van der Waals surface area contributed by atoms with E-state index in [4.69, 9.17) is 5.21 Å². The van der Waals surface area contributed by atoms with Crippen LogP contribution in [0.4, 0.5) is 0 Å². The number of aromatic nitrogens is 5. The van der Waals surface area contributed by atoms with Gasteiger partial charge in [-0.25, -0.2) is 5.48 Å². The molecule has 1 aliphatic carbocycles. The van der Waals surface area contributed by atoms with Gasteiger partial charge in [0.25, 0.3) is 5.91 Å². The Bertz CT molecular complexity index is 1280. The van der Waals surface area contributed by atoms with Gasteiger partial charge in [-0.3, -0.25) is 14.9 Å². The number of H-pyrrole nitrogens is 2. The number of carbonyl (C=O) groups is 1. The molecule has 168 valence electrons. The number of nitrogens with zero attached hydrogens (tertiary/aromatic N) is 4. The third kappa shape index (κ3) is 4.55. The molecule has 2 aromatic heterocycles. The molecule has 9 nitrogen and oxygen atoms in total. The Balaban J connectivity index is 1.37. The minimum absolute atomic E-state index is 0.252. The molecule has 0 bridgehead atoms. The van der Waals surface area contributed by atoms with E-state index < -0.39 is 5.91 Å². The fourth-order valence-electron chi connectivity index (χ4n) is 4.69. The van der Waals surface area contributed by atoms with Gasteiger partial charge in [-0.05, 0) is 53.7 Å². The predicted molar refractivity (Wildman–Crippen MR) is 123 cm³/mol. The number of para-hydroxylation sites is 1. The van der Waals surface area contributed by atoms with Crippen molar-refractivity contribution < 1.29 is 10.0 Å². The first kappa shape index (κ1) is 21.0. The summed E-state index contributed by atoms with van der Waals surface area (Å²) in [5.74, 6) is 0.133. The van der Waals surface area contributed by atoms with Crippen molar-refractivity contribution in [2.45, 2.75) is 31.8 Å². The summed E-state index contributed by atoms with van der Waals surface area (Å²) >= 11 is 0. The largest absolute Gasteiger partial charge is 0.361 e. The molecule has 9 heteroatoms. The van der Waals surface area contributed by atoms with E-state index >= 15 is 0 Å². The van der Waals surface area contributed by atoms with Gasteiger partial charge in [0.05, 0.1) is 6.54 Å². The highest BCUT2D eigenvalue weighted by Crippen LogP contribution is 2.37. The van der Waals surface area contributed by atoms with Crippen LogP contribution in [0, 0.1) is 0 Å². The summed E-state index contributed by atoms with van der Waals surface area (Å²) in [5.41, 5.74) is 7.56. The third-order valence-electron chi connectivity index (χ3n) is 6.27. The summed E-state index contributed by atoms with van der Waals surface area (Å²) in [6.07, 6.45) is 7.99. The maximum Gasteiger partial charge on any atom is 0.267 e. The molecule has 0 saturated heterocycles. The molecule has 1 aliphatic rings. The summed E-state index contributed by atoms with van der Waals surface area (Å²) in [7, 11) is 0. The maximum absolute atomic E-state index is 11.3. The zero-order chi connectivity index (χ0) is 22.6. The van der Waals surface area contributed by atoms with E-state index in [0.717, 1.165) is 36.9 Å². The quantitative estimate of drug-likeness (QED) is 0.189. The van der Waals surface area contributed by atoms with Gasteiger partial charge < -0.3 is 4.98 Å². The zero-order valence-electron chi connectivity index (χ0n) is 18.0. The highest BCUT2D eigenvalue weighted by molar-refractivity contribution is 5.90. The summed E-state index contributed by atoms with van der Waals surface area (Å²) in [6.45, 7) is 1.47. The number of aryl methyl sites for hydroxylation is 1. The molecule has 0 aliphatic heterocycles. The van der Waals surface area contributed by atoms with Crippen molar-refractivity contribution >= 4 is 22.9 Å². The fourth-order valence-corrected chi connectivity index (χ4v) is 4.69. The van der Waals surface area contributed by atoms with Crippen LogP contribution in [-0.2, 0) is 24.2 Å². The SMILES string of the molecule is O=C(C=Cc1ccc2c(c1)CCC2N(CCc1c[nH]c2ccccc12)Cc1nn[nH]n1)NO. The van der Waals surface area contributed by atoms with Gasteiger partial charge in [-0.1, -0.05) is 41.6 Å².